The summed E-state index contributed by atoms with van der Waals surface area (Å²) in [5.41, 5.74) is 1.23. The van der Waals surface area contributed by atoms with Gasteiger partial charge in [0.05, 0.1) is 18.2 Å². The zero-order chi connectivity index (χ0) is 18.1. The maximum atomic E-state index is 6.42. The van der Waals surface area contributed by atoms with Crippen LogP contribution in [0.1, 0.15) is 25.3 Å². The number of fused-ring (bicyclic) bond motifs is 1. The Balaban J connectivity index is 1.29. The average molecular weight is 364 g/mol. The van der Waals surface area contributed by atoms with E-state index in [0.717, 1.165) is 57.3 Å². The lowest BCUT2D eigenvalue weighted by Gasteiger charge is -2.32. The van der Waals surface area contributed by atoms with Gasteiger partial charge in [-0.2, -0.15) is 0 Å². The number of hydrogen-bond donors (Lipinski definition) is 0. The molecule has 0 bridgehead atoms. The van der Waals surface area contributed by atoms with E-state index >= 15 is 0 Å². The first kappa shape index (κ1) is 16.6. The second kappa shape index (κ2) is 7.19. The van der Waals surface area contributed by atoms with E-state index < -0.39 is 0 Å². The predicted octanol–water partition coefficient (Wildman–Crippen LogP) is 3.44. The van der Waals surface area contributed by atoms with Gasteiger partial charge in [-0.1, -0.05) is 6.07 Å². The van der Waals surface area contributed by atoms with Gasteiger partial charge in [0.1, 0.15) is 11.9 Å². The quantitative estimate of drug-likeness (QED) is 0.710. The first-order valence-electron chi connectivity index (χ1n) is 9.74. The van der Waals surface area contributed by atoms with E-state index in [1.807, 2.05) is 6.07 Å². The fraction of sp³-hybridized carbons (Fsp3) is 0.429. The number of nitrogens with zero attached hydrogens (tertiary/aromatic N) is 4. The third-order valence-electron chi connectivity index (χ3n) is 5.59. The second-order valence-corrected chi connectivity index (χ2v) is 7.28. The molecule has 1 atom stereocenters. The van der Waals surface area contributed by atoms with Gasteiger partial charge < -0.3 is 18.9 Å². The maximum absolute atomic E-state index is 6.42. The van der Waals surface area contributed by atoms with Gasteiger partial charge in [-0.15, -0.1) is 0 Å². The molecule has 0 saturated carbocycles. The summed E-state index contributed by atoms with van der Waals surface area (Å²) in [4.78, 5) is 10.9. The van der Waals surface area contributed by atoms with Crippen LogP contribution in [0.3, 0.4) is 0 Å². The summed E-state index contributed by atoms with van der Waals surface area (Å²) in [6.45, 7) is 3.50. The van der Waals surface area contributed by atoms with Gasteiger partial charge >= 0.3 is 0 Å². The summed E-state index contributed by atoms with van der Waals surface area (Å²) in [6.07, 6.45) is 9.03. The van der Waals surface area contributed by atoms with Crippen LogP contribution in [0, 0.1) is 0 Å². The molecule has 1 unspecified atom stereocenters. The highest BCUT2D eigenvalue weighted by molar-refractivity contribution is 5.86. The lowest BCUT2D eigenvalue weighted by Crippen LogP contribution is -2.39. The van der Waals surface area contributed by atoms with Crippen molar-refractivity contribution in [2.24, 2.45) is 0 Å². The van der Waals surface area contributed by atoms with Crippen molar-refractivity contribution in [2.75, 3.05) is 31.2 Å². The van der Waals surface area contributed by atoms with Gasteiger partial charge in [0.2, 0.25) is 5.95 Å². The highest BCUT2D eigenvalue weighted by Gasteiger charge is 2.24. The van der Waals surface area contributed by atoms with Crippen LogP contribution in [0.5, 0.6) is 5.75 Å². The van der Waals surface area contributed by atoms with Crippen LogP contribution in [0.15, 0.2) is 48.9 Å². The molecule has 6 heteroatoms. The van der Waals surface area contributed by atoms with Gasteiger partial charge in [0.15, 0.2) is 0 Å². The minimum Gasteiger partial charge on any atom is -0.490 e. The van der Waals surface area contributed by atoms with Crippen LogP contribution >= 0.6 is 0 Å². The summed E-state index contributed by atoms with van der Waals surface area (Å²) in [7, 11) is 0. The Hall–Kier alpha value is -2.60. The Morgan fingerprint density at radius 1 is 1.00 bits per heavy atom. The minimum absolute atomic E-state index is 0.230. The number of rotatable bonds is 4. The number of benzene rings is 1. The zero-order valence-electron chi connectivity index (χ0n) is 15.3. The van der Waals surface area contributed by atoms with Crippen molar-refractivity contribution in [2.45, 2.75) is 31.4 Å². The molecule has 27 heavy (non-hydrogen) atoms. The number of hydrogen-bond acceptors (Lipinski definition) is 5. The van der Waals surface area contributed by atoms with Gasteiger partial charge in [-0.05, 0) is 30.7 Å². The van der Waals surface area contributed by atoms with E-state index in [2.05, 4.69) is 49.9 Å². The van der Waals surface area contributed by atoms with Crippen LogP contribution in [-0.4, -0.2) is 46.9 Å². The van der Waals surface area contributed by atoms with Crippen LogP contribution in [0.4, 0.5) is 5.95 Å². The van der Waals surface area contributed by atoms with Gasteiger partial charge in [-0.25, -0.2) is 9.97 Å². The first-order chi connectivity index (χ1) is 13.4. The fourth-order valence-electron chi connectivity index (χ4n) is 4.13. The van der Waals surface area contributed by atoms with Crippen LogP contribution in [0.2, 0.25) is 0 Å². The number of anilines is 1. The number of ether oxygens (including phenoxy) is 2. The van der Waals surface area contributed by atoms with Crippen molar-refractivity contribution >= 4 is 16.9 Å². The normalized spacial score (nSPS) is 21.0. The summed E-state index contributed by atoms with van der Waals surface area (Å²) < 4.78 is 14.3. The fourth-order valence-corrected chi connectivity index (χ4v) is 4.13. The Morgan fingerprint density at radius 3 is 2.63 bits per heavy atom. The van der Waals surface area contributed by atoms with E-state index in [1.165, 1.54) is 10.9 Å². The topological polar surface area (TPSA) is 52.4 Å². The molecule has 6 nitrogen and oxygen atoms in total. The second-order valence-electron chi connectivity index (χ2n) is 7.28. The Kier molecular flexibility index (Phi) is 4.41. The highest BCUT2D eigenvalue weighted by atomic mass is 16.5. The van der Waals surface area contributed by atoms with Crippen molar-refractivity contribution in [3.63, 3.8) is 0 Å². The zero-order valence-corrected chi connectivity index (χ0v) is 15.3. The number of piperidine rings is 1. The molecule has 2 fully saturated rings. The maximum Gasteiger partial charge on any atom is 0.225 e. The third-order valence-corrected chi connectivity index (χ3v) is 5.59. The third kappa shape index (κ3) is 3.25. The van der Waals surface area contributed by atoms with Crippen LogP contribution in [0.25, 0.3) is 10.9 Å². The van der Waals surface area contributed by atoms with Gasteiger partial charge in [0, 0.05) is 56.5 Å². The molecule has 0 aliphatic carbocycles. The first-order valence-corrected chi connectivity index (χ1v) is 9.74. The van der Waals surface area contributed by atoms with E-state index in [9.17, 15) is 0 Å². The molecule has 4 heterocycles. The molecule has 1 aromatic carbocycles. The Bertz CT molecular complexity index is 897. The summed E-state index contributed by atoms with van der Waals surface area (Å²) >= 11 is 0. The van der Waals surface area contributed by atoms with E-state index in [0.29, 0.717) is 6.04 Å². The summed E-state index contributed by atoms with van der Waals surface area (Å²) in [6, 6.07) is 10.8. The van der Waals surface area contributed by atoms with Crippen LogP contribution < -0.4 is 9.64 Å². The predicted molar refractivity (Wildman–Crippen MR) is 104 cm³/mol. The van der Waals surface area contributed by atoms with Crippen molar-refractivity contribution in [3.05, 3.63) is 48.9 Å². The molecular weight excluding hydrogens is 340 g/mol. The molecule has 2 aliphatic heterocycles. The molecule has 0 spiro atoms. The summed E-state index contributed by atoms with van der Waals surface area (Å²) in [5, 5.41) is 1.19. The average Bonchev–Trinajstić information content (AvgIpc) is 3.39. The standard InChI is InChI=1S/C21H24N4O2/c1-3-19-18(7-13-25(19)16-8-14-26-15-16)20(4-1)27-17-5-11-24(12-6-17)21-22-9-2-10-23-21/h1-4,7,9-10,13,16-17H,5-6,8,11-12,14-15H2. The Morgan fingerprint density at radius 2 is 1.85 bits per heavy atom. The molecule has 3 aromatic rings. The molecule has 2 aromatic heterocycles. The molecule has 2 aliphatic rings. The molecule has 0 N–H and O–H groups in total. The van der Waals surface area contributed by atoms with Crippen molar-refractivity contribution in [3.8, 4) is 5.75 Å². The van der Waals surface area contributed by atoms with Gasteiger partial charge in [-0.3, -0.25) is 0 Å². The largest absolute Gasteiger partial charge is 0.490 e. The van der Waals surface area contributed by atoms with Crippen molar-refractivity contribution in [1.82, 2.24) is 14.5 Å². The van der Waals surface area contributed by atoms with Crippen molar-refractivity contribution in [1.29, 1.82) is 0 Å². The summed E-state index contributed by atoms with van der Waals surface area (Å²) in [5.74, 6) is 1.80. The van der Waals surface area contributed by atoms with E-state index in [4.69, 9.17) is 9.47 Å². The highest BCUT2D eigenvalue weighted by Crippen LogP contribution is 2.32. The molecule has 5 rings (SSSR count). The van der Waals surface area contributed by atoms with E-state index in [-0.39, 0.29) is 6.10 Å². The van der Waals surface area contributed by atoms with E-state index in [1.54, 1.807) is 12.4 Å². The lowest BCUT2D eigenvalue weighted by atomic mass is 10.1. The van der Waals surface area contributed by atoms with Gasteiger partial charge in [0.25, 0.3) is 0 Å². The smallest absolute Gasteiger partial charge is 0.225 e. The monoisotopic (exact) mass is 364 g/mol. The Labute approximate surface area is 158 Å². The molecule has 2 saturated heterocycles. The number of aromatic nitrogens is 3. The minimum atomic E-state index is 0.230. The molecule has 0 amide bonds. The van der Waals surface area contributed by atoms with Crippen molar-refractivity contribution < 1.29 is 9.47 Å². The lowest BCUT2D eigenvalue weighted by molar-refractivity contribution is 0.172. The SMILES string of the molecule is c1cnc(N2CCC(Oc3cccc4c3ccn4C3CCOC3)CC2)nc1. The molecular formula is C21H24N4O2. The molecule has 140 valence electrons. The molecule has 0 radical (unpaired) electrons. The van der Waals surface area contributed by atoms with Crippen LogP contribution in [-0.2, 0) is 4.74 Å².